The van der Waals surface area contributed by atoms with Gasteiger partial charge in [-0.25, -0.2) is 9.31 Å². The fourth-order valence-corrected chi connectivity index (χ4v) is 3.99. The first-order valence-electron chi connectivity index (χ1n) is 9.29. The second kappa shape index (κ2) is 6.45. The number of pyridine rings is 1. The molecule has 0 saturated carbocycles. The third-order valence-corrected chi connectivity index (χ3v) is 5.38. The molecule has 1 atom stereocenters. The average Bonchev–Trinajstić information content (AvgIpc) is 3.28. The molecule has 1 aliphatic rings. The van der Waals surface area contributed by atoms with Crippen molar-refractivity contribution >= 4 is 16.6 Å². The first-order valence-corrected chi connectivity index (χ1v) is 9.29. The summed E-state index contributed by atoms with van der Waals surface area (Å²) in [6, 6.07) is 6.72. The van der Waals surface area contributed by atoms with Crippen molar-refractivity contribution in [2.75, 3.05) is 13.1 Å². The zero-order valence-electron chi connectivity index (χ0n) is 15.2. The summed E-state index contributed by atoms with van der Waals surface area (Å²) >= 11 is 0. The number of halogens is 3. The number of hydrogen-bond donors (Lipinski definition) is 1. The summed E-state index contributed by atoms with van der Waals surface area (Å²) in [4.78, 5) is 13.4. The SMILES string of the molecule is O=c1n(-c2ccc3cnnn3c2)c2ccc(C(F)(F)F)cc2n1C1CCCNC1. The van der Waals surface area contributed by atoms with Crippen LogP contribution in [0, 0.1) is 0 Å². The van der Waals surface area contributed by atoms with Gasteiger partial charge in [0.2, 0.25) is 0 Å². The van der Waals surface area contributed by atoms with E-state index in [1.54, 1.807) is 24.5 Å². The number of hydrogen-bond acceptors (Lipinski definition) is 4. The van der Waals surface area contributed by atoms with E-state index in [-0.39, 0.29) is 17.2 Å². The standard InChI is InChI=1S/C19H17F3N6O/c20-19(21,22)12-3-6-16-17(8-12)27(14-2-1-7-23-9-14)18(29)28(16)15-5-4-13-10-24-25-26(13)11-15/h3-6,8,10-11,14,23H,1-2,7,9H2. The van der Waals surface area contributed by atoms with Crippen LogP contribution in [0.1, 0.15) is 24.4 Å². The van der Waals surface area contributed by atoms with Gasteiger partial charge in [-0.2, -0.15) is 13.2 Å². The Hall–Kier alpha value is -3.14. The molecule has 10 heteroatoms. The van der Waals surface area contributed by atoms with Crippen LogP contribution in [0.15, 0.2) is 47.5 Å². The normalized spacial score (nSPS) is 18.0. The summed E-state index contributed by atoms with van der Waals surface area (Å²) in [6.45, 7) is 1.37. The Balaban J connectivity index is 1.79. The fourth-order valence-electron chi connectivity index (χ4n) is 3.99. The van der Waals surface area contributed by atoms with E-state index < -0.39 is 11.7 Å². The third kappa shape index (κ3) is 2.91. The summed E-state index contributed by atoms with van der Waals surface area (Å²) in [5, 5.41) is 11.0. The van der Waals surface area contributed by atoms with Crippen molar-refractivity contribution in [1.82, 2.24) is 29.3 Å². The zero-order chi connectivity index (χ0) is 20.2. The summed E-state index contributed by atoms with van der Waals surface area (Å²) in [5.41, 5.74) is 0.825. The molecule has 0 bridgehead atoms. The van der Waals surface area contributed by atoms with Crippen LogP contribution in [0.4, 0.5) is 13.2 Å². The molecule has 0 aliphatic carbocycles. The zero-order valence-corrected chi connectivity index (χ0v) is 15.2. The maximum absolute atomic E-state index is 13.4. The minimum absolute atomic E-state index is 0.210. The highest BCUT2D eigenvalue weighted by Gasteiger charge is 2.32. The molecule has 4 aromatic rings. The lowest BCUT2D eigenvalue weighted by Crippen LogP contribution is -2.36. The van der Waals surface area contributed by atoms with Gasteiger partial charge in [-0.3, -0.25) is 9.13 Å². The van der Waals surface area contributed by atoms with Gasteiger partial charge in [-0.05, 0) is 49.7 Å². The smallest absolute Gasteiger partial charge is 0.315 e. The predicted octanol–water partition coefficient (Wildman–Crippen LogP) is 2.78. The summed E-state index contributed by atoms with van der Waals surface area (Å²) in [5.74, 6) is 0. The van der Waals surface area contributed by atoms with Crippen LogP contribution >= 0.6 is 0 Å². The average molecular weight is 402 g/mol. The molecular weight excluding hydrogens is 385 g/mol. The van der Waals surface area contributed by atoms with Crippen molar-refractivity contribution in [1.29, 1.82) is 0 Å². The van der Waals surface area contributed by atoms with Crippen LogP contribution < -0.4 is 11.0 Å². The van der Waals surface area contributed by atoms with Gasteiger partial charge in [0, 0.05) is 6.54 Å². The lowest BCUT2D eigenvalue weighted by molar-refractivity contribution is -0.137. The van der Waals surface area contributed by atoms with Crippen LogP contribution in [-0.2, 0) is 6.18 Å². The number of benzene rings is 1. The molecule has 1 N–H and O–H groups in total. The van der Waals surface area contributed by atoms with E-state index in [9.17, 15) is 18.0 Å². The highest BCUT2D eigenvalue weighted by Crippen LogP contribution is 2.33. The van der Waals surface area contributed by atoms with Gasteiger partial charge in [0.25, 0.3) is 0 Å². The van der Waals surface area contributed by atoms with E-state index in [2.05, 4.69) is 15.6 Å². The van der Waals surface area contributed by atoms with Crippen LogP contribution in [-0.4, -0.2) is 37.1 Å². The molecule has 0 radical (unpaired) electrons. The molecule has 150 valence electrons. The topological polar surface area (TPSA) is 69.1 Å². The van der Waals surface area contributed by atoms with E-state index in [0.29, 0.717) is 17.7 Å². The lowest BCUT2D eigenvalue weighted by atomic mass is 10.1. The van der Waals surface area contributed by atoms with Crippen molar-refractivity contribution in [3.05, 3.63) is 58.8 Å². The fraction of sp³-hybridized carbons (Fsp3) is 0.316. The van der Waals surface area contributed by atoms with Crippen LogP contribution in [0.3, 0.4) is 0 Å². The molecule has 0 spiro atoms. The van der Waals surface area contributed by atoms with E-state index in [1.807, 2.05) is 0 Å². The minimum atomic E-state index is -4.48. The van der Waals surface area contributed by atoms with Crippen LogP contribution in [0.25, 0.3) is 22.2 Å². The van der Waals surface area contributed by atoms with Gasteiger partial charge in [-0.15, -0.1) is 5.10 Å². The third-order valence-electron chi connectivity index (χ3n) is 5.38. The number of piperidine rings is 1. The minimum Gasteiger partial charge on any atom is -0.315 e. The largest absolute Gasteiger partial charge is 0.416 e. The van der Waals surface area contributed by atoms with Crippen LogP contribution in [0.2, 0.25) is 0 Å². The molecule has 1 aliphatic heterocycles. The van der Waals surface area contributed by atoms with E-state index >= 15 is 0 Å². The molecule has 3 aromatic heterocycles. The molecular formula is C19H17F3N6O. The van der Waals surface area contributed by atoms with Crippen molar-refractivity contribution in [2.45, 2.75) is 25.1 Å². The molecule has 29 heavy (non-hydrogen) atoms. The first kappa shape index (κ1) is 17.9. The first-order chi connectivity index (χ1) is 13.9. The van der Waals surface area contributed by atoms with E-state index in [0.717, 1.165) is 37.0 Å². The lowest BCUT2D eigenvalue weighted by Gasteiger charge is -2.24. The van der Waals surface area contributed by atoms with E-state index in [4.69, 9.17) is 0 Å². The molecule has 1 saturated heterocycles. The number of nitrogens with zero attached hydrogens (tertiary/aromatic N) is 5. The van der Waals surface area contributed by atoms with Crippen molar-refractivity contribution in [3.63, 3.8) is 0 Å². The Morgan fingerprint density at radius 2 is 2.00 bits per heavy atom. The number of alkyl halides is 3. The number of imidazole rings is 1. The monoisotopic (exact) mass is 402 g/mol. The van der Waals surface area contributed by atoms with Gasteiger partial charge in [-0.1, -0.05) is 5.21 Å². The highest BCUT2D eigenvalue weighted by atomic mass is 19.4. The molecule has 0 amide bonds. The van der Waals surface area contributed by atoms with Gasteiger partial charge in [0.1, 0.15) is 0 Å². The Morgan fingerprint density at radius 3 is 2.76 bits per heavy atom. The summed E-state index contributed by atoms with van der Waals surface area (Å²) < 4.78 is 44.5. The number of rotatable bonds is 2. The molecule has 1 aromatic carbocycles. The summed E-state index contributed by atoms with van der Waals surface area (Å²) in [6.07, 6.45) is 0.323. The van der Waals surface area contributed by atoms with Crippen LogP contribution in [0.5, 0.6) is 0 Å². The second-order valence-corrected chi connectivity index (χ2v) is 7.18. The van der Waals surface area contributed by atoms with Gasteiger partial charge < -0.3 is 5.32 Å². The molecule has 1 unspecified atom stereocenters. The molecule has 1 fully saturated rings. The second-order valence-electron chi connectivity index (χ2n) is 7.18. The van der Waals surface area contributed by atoms with Crippen molar-refractivity contribution in [2.24, 2.45) is 0 Å². The maximum Gasteiger partial charge on any atom is 0.416 e. The van der Waals surface area contributed by atoms with Gasteiger partial charge in [0.15, 0.2) is 0 Å². The van der Waals surface area contributed by atoms with Gasteiger partial charge >= 0.3 is 11.9 Å². The number of aromatic nitrogens is 5. The molecule has 5 rings (SSSR count). The van der Waals surface area contributed by atoms with Crippen molar-refractivity contribution < 1.29 is 13.2 Å². The Labute approximate surface area is 162 Å². The Morgan fingerprint density at radius 1 is 1.14 bits per heavy atom. The Kier molecular flexibility index (Phi) is 3.98. The summed E-state index contributed by atoms with van der Waals surface area (Å²) in [7, 11) is 0. The van der Waals surface area contributed by atoms with E-state index in [1.165, 1.54) is 19.7 Å². The molecule has 4 heterocycles. The quantitative estimate of drug-likeness (QED) is 0.560. The predicted molar refractivity (Wildman–Crippen MR) is 100 cm³/mol. The Bertz CT molecular complexity index is 1260. The van der Waals surface area contributed by atoms with Gasteiger partial charge in [0.05, 0.1) is 46.2 Å². The number of fused-ring (bicyclic) bond motifs is 2. The number of nitrogens with one attached hydrogen (secondary N) is 1. The molecule has 7 nitrogen and oxygen atoms in total. The highest BCUT2D eigenvalue weighted by molar-refractivity contribution is 5.79. The maximum atomic E-state index is 13.4. The van der Waals surface area contributed by atoms with Crippen molar-refractivity contribution in [3.8, 4) is 5.69 Å².